The molecule has 2 aromatic rings. The molecule has 2 heterocycles. The Morgan fingerprint density at radius 3 is 1.51 bits per heavy atom. The fourth-order valence-electron chi connectivity index (χ4n) is 5.52. The molecule has 35 heavy (non-hydrogen) atoms. The van der Waals surface area contributed by atoms with Gasteiger partial charge >= 0.3 is 0 Å². The van der Waals surface area contributed by atoms with E-state index in [1.165, 1.54) is 0 Å². The zero-order valence-electron chi connectivity index (χ0n) is 20.2. The van der Waals surface area contributed by atoms with Crippen LogP contribution in [0.15, 0.2) is 60.7 Å². The lowest BCUT2D eigenvalue weighted by atomic mass is 10.1. The molecule has 2 saturated heterocycles. The number of nitrogens with one attached hydrogen (secondary N) is 2. The lowest BCUT2D eigenvalue weighted by Crippen LogP contribution is -2.57. The van der Waals surface area contributed by atoms with Crippen molar-refractivity contribution < 1.29 is 18.9 Å². The summed E-state index contributed by atoms with van der Waals surface area (Å²) >= 11 is 0. The maximum Gasteiger partial charge on any atom is 0.278 e. The summed E-state index contributed by atoms with van der Waals surface area (Å²) in [6.07, 6.45) is 2.93. The highest BCUT2D eigenvalue weighted by atomic mass is 16.6. The molecule has 0 saturated carbocycles. The molecular formula is C27H36N4O4. The van der Waals surface area contributed by atoms with Gasteiger partial charge in [0.1, 0.15) is 0 Å². The second kappa shape index (κ2) is 11.3. The highest BCUT2D eigenvalue weighted by molar-refractivity contribution is 5.81. The molecule has 2 aliphatic heterocycles. The fraction of sp³-hybridized carbons (Fsp3) is 0.481. The van der Waals surface area contributed by atoms with Crippen LogP contribution in [0.25, 0.3) is 0 Å². The number of quaternary nitrogens is 2. The first kappa shape index (κ1) is 25.3. The summed E-state index contributed by atoms with van der Waals surface area (Å²) in [7, 11) is 0. The van der Waals surface area contributed by atoms with E-state index in [1.807, 2.05) is 60.7 Å². The van der Waals surface area contributed by atoms with E-state index in [0.29, 0.717) is 58.3 Å². The second-order valence-corrected chi connectivity index (χ2v) is 9.88. The van der Waals surface area contributed by atoms with Crippen LogP contribution in [-0.2, 0) is 22.7 Å². The first-order chi connectivity index (χ1) is 16.9. The summed E-state index contributed by atoms with van der Waals surface area (Å²) in [4.78, 5) is 25.6. The lowest BCUT2D eigenvalue weighted by molar-refractivity contribution is -0.902. The molecule has 2 amide bonds. The van der Waals surface area contributed by atoms with Crippen molar-refractivity contribution in [3.8, 4) is 0 Å². The van der Waals surface area contributed by atoms with Crippen molar-refractivity contribution in [3.63, 3.8) is 0 Å². The van der Waals surface area contributed by atoms with E-state index in [-0.39, 0.29) is 24.9 Å². The minimum atomic E-state index is -0.637. The van der Waals surface area contributed by atoms with Gasteiger partial charge in [-0.05, 0) is 11.1 Å². The van der Waals surface area contributed by atoms with Gasteiger partial charge in [-0.3, -0.25) is 9.59 Å². The topological polar surface area (TPSA) is 104 Å². The smallest absolute Gasteiger partial charge is 0.278 e. The molecule has 0 bridgehead atoms. The Balaban J connectivity index is 1.28. The van der Waals surface area contributed by atoms with Gasteiger partial charge < -0.3 is 30.3 Å². The molecule has 0 aliphatic carbocycles. The Kier molecular flexibility index (Phi) is 8.18. The molecule has 8 heteroatoms. The highest BCUT2D eigenvalue weighted by Gasteiger charge is 2.42. The normalized spacial score (nSPS) is 28.1. The van der Waals surface area contributed by atoms with E-state index in [0.717, 1.165) is 11.1 Å². The standard InChI is InChI=1S/C27H36N4O4/c32-26(28-20-22-10-3-1-4-11-22)24-14-7-16-30(24,34)18-9-19-31(35)17-8-15-25(31)27(33)29-21-23-12-5-2-6-13-23/h1-6,10-13,24-25H,7-9,14-21H2,(H,28,32)(H,29,33)/t24-,25-,30?,31?/m0/s1. The van der Waals surface area contributed by atoms with E-state index in [4.69, 9.17) is 0 Å². The van der Waals surface area contributed by atoms with Gasteiger partial charge in [-0.25, -0.2) is 0 Å². The third-order valence-electron chi connectivity index (χ3n) is 7.46. The van der Waals surface area contributed by atoms with Crippen LogP contribution in [-0.4, -0.2) is 59.4 Å². The van der Waals surface area contributed by atoms with Gasteiger partial charge in [0.25, 0.3) is 11.8 Å². The van der Waals surface area contributed by atoms with Gasteiger partial charge in [0, 0.05) is 45.2 Å². The lowest BCUT2D eigenvalue weighted by Gasteiger charge is -2.46. The largest absolute Gasteiger partial charge is 0.632 e. The molecule has 4 rings (SSSR count). The van der Waals surface area contributed by atoms with Crippen LogP contribution in [0.1, 0.15) is 43.2 Å². The summed E-state index contributed by atoms with van der Waals surface area (Å²) in [5.74, 6) is -0.432. The number of hydroxylamine groups is 6. The minimum absolute atomic E-state index is 0.216. The summed E-state index contributed by atoms with van der Waals surface area (Å²) in [5.41, 5.74) is 1.98. The van der Waals surface area contributed by atoms with Crippen molar-refractivity contribution in [2.45, 2.75) is 57.3 Å². The number of amides is 2. The molecule has 2 unspecified atom stereocenters. The number of carbonyl (C=O) groups is 2. The molecule has 2 aromatic carbocycles. The summed E-state index contributed by atoms with van der Waals surface area (Å²) < 4.78 is -1.16. The molecule has 2 aliphatic rings. The van der Waals surface area contributed by atoms with Crippen LogP contribution in [0, 0.1) is 10.4 Å². The van der Waals surface area contributed by atoms with Gasteiger partial charge in [-0.2, -0.15) is 0 Å². The predicted octanol–water partition coefficient (Wildman–Crippen LogP) is 2.96. The van der Waals surface area contributed by atoms with E-state index < -0.39 is 21.4 Å². The van der Waals surface area contributed by atoms with Gasteiger partial charge in [0.05, 0.1) is 26.2 Å². The molecule has 0 radical (unpaired) electrons. The van der Waals surface area contributed by atoms with Gasteiger partial charge in [0.15, 0.2) is 12.1 Å². The predicted molar refractivity (Wildman–Crippen MR) is 134 cm³/mol. The first-order valence-corrected chi connectivity index (χ1v) is 12.7. The third-order valence-corrected chi connectivity index (χ3v) is 7.46. The van der Waals surface area contributed by atoms with Crippen LogP contribution in [0.4, 0.5) is 0 Å². The highest BCUT2D eigenvalue weighted by Crippen LogP contribution is 2.30. The van der Waals surface area contributed by atoms with Gasteiger partial charge in [-0.1, -0.05) is 60.7 Å². The molecule has 0 aromatic heterocycles. The second-order valence-electron chi connectivity index (χ2n) is 9.88. The van der Waals surface area contributed by atoms with Crippen LogP contribution < -0.4 is 10.6 Å². The third kappa shape index (κ3) is 6.27. The number of nitrogens with zero attached hydrogens (tertiary/aromatic N) is 2. The number of carbonyl (C=O) groups excluding carboxylic acids is 2. The maximum atomic E-state index is 13.5. The van der Waals surface area contributed by atoms with Crippen molar-refractivity contribution in [2.75, 3.05) is 26.2 Å². The Morgan fingerprint density at radius 1 is 0.714 bits per heavy atom. The van der Waals surface area contributed by atoms with Crippen LogP contribution in [0.5, 0.6) is 0 Å². The SMILES string of the molecule is O=C(NCc1ccccc1)[C@@H]1CCC[N+]1([O-])CCC[N+]1([O-])CCC[C@H]1C(=O)NCc1ccccc1. The number of benzene rings is 2. The van der Waals surface area contributed by atoms with Crippen molar-refractivity contribution in [1.29, 1.82) is 0 Å². The maximum absolute atomic E-state index is 13.5. The Labute approximate surface area is 207 Å². The molecule has 8 nitrogen and oxygen atoms in total. The monoisotopic (exact) mass is 480 g/mol. The van der Waals surface area contributed by atoms with Crippen LogP contribution in [0.2, 0.25) is 0 Å². The van der Waals surface area contributed by atoms with Crippen LogP contribution >= 0.6 is 0 Å². The number of hydrogen-bond donors (Lipinski definition) is 2. The van der Waals surface area contributed by atoms with Crippen molar-refractivity contribution in [1.82, 2.24) is 10.6 Å². The first-order valence-electron chi connectivity index (χ1n) is 12.7. The molecule has 2 fully saturated rings. The molecule has 188 valence electrons. The Hall–Kier alpha value is -2.78. The van der Waals surface area contributed by atoms with Crippen LogP contribution in [0.3, 0.4) is 0 Å². The average Bonchev–Trinajstić information content (AvgIpc) is 3.45. The molecule has 4 atom stereocenters. The fourth-order valence-corrected chi connectivity index (χ4v) is 5.52. The van der Waals surface area contributed by atoms with E-state index >= 15 is 0 Å². The summed E-state index contributed by atoms with van der Waals surface area (Å²) in [5, 5.41) is 32.9. The van der Waals surface area contributed by atoms with E-state index in [1.54, 1.807) is 0 Å². The number of hydrogen-bond acceptors (Lipinski definition) is 4. The molecular weight excluding hydrogens is 444 g/mol. The number of likely N-dealkylation sites (tertiary alicyclic amines) is 2. The zero-order valence-corrected chi connectivity index (χ0v) is 20.2. The Bertz CT molecular complexity index is 910. The zero-order chi connectivity index (χ0) is 24.7. The average molecular weight is 481 g/mol. The minimum Gasteiger partial charge on any atom is -0.632 e. The van der Waals surface area contributed by atoms with Gasteiger partial charge in [-0.15, -0.1) is 0 Å². The van der Waals surface area contributed by atoms with Crippen molar-refractivity contribution in [3.05, 3.63) is 82.2 Å². The molecule has 2 N–H and O–H groups in total. The summed E-state index contributed by atoms with van der Waals surface area (Å²) in [6, 6.07) is 18.0. The van der Waals surface area contributed by atoms with E-state index in [9.17, 15) is 20.0 Å². The summed E-state index contributed by atoms with van der Waals surface area (Å²) in [6.45, 7) is 2.04. The Morgan fingerprint density at radius 2 is 1.11 bits per heavy atom. The van der Waals surface area contributed by atoms with E-state index in [2.05, 4.69) is 10.6 Å². The van der Waals surface area contributed by atoms with Crippen molar-refractivity contribution in [2.24, 2.45) is 0 Å². The van der Waals surface area contributed by atoms with Gasteiger partial charge in [0.2, 0.25) is 0 Å². The molecule has 0 spiro atoms. The van der Waals surface area contributed by atoms with Crippen molar-refractivity contribution >= 4 is 11.8 Å². The quantitative estimate of drug-likeness (QED) is 0.403. The number of rotatable bonds is 10.